The molecule has 6 N–H and O–H groups in total. The molecule has 0 saturated heterocycles. The molecule has 12 bridgehead atoms. The van der Waals surface area contributed by atoms with Crippen LogP contribution in [-0.4, -0.2) is 56.6 Å². The van der Waals surface area contributed by atoms with Gasteiger partial charge in [0.25, 0.3) is 0 Å². The van der Waals surface area contributed by atoms with Crippen LogP contribution in [0.4, 0.5) is 0 Å². The maximum atomic E-state index is 11.6. The van der Waals surface area contributed by atoms with Gasteiger partial charge in [0.1, 0.15) is 47.2 Å². The van der Waals surface area contributed by atoms with E-state index in [1.54, 1.807) is 0 Å². The quantitative estimate of drug-likeness (QED) is 0.101. The molecule has 6 aromatic rings. The van der Waals surface area contributed by atoms with E-state index >= 15 is 0 Å². The van der Waals surface area contributed by atoms with Crippen molar-refractivity contribution in [3.63, 3.8) is 0 Å². The van der Waals surface area contributed by atoms with Gasteiger partial charge in [-0.05, 0) is 73.7 Å². The average Bonchev–Trinajstić information content (AvgIpc) is 3.17. The number of ether oxygens (including phenoxy) is 2. The number of phenolic OH excluding ortho intramolecular Hbond substituents is 5. The van der Waals surface area contributed by atoms with Crippen LogP contribution in [0.15, 0.2) is 109 Å². The highest BCUT2D eigenvalue weighted by molar-refractivity contribution is 5.56. The Bertz CT molecular complexity index is 2170. The smallest absolute Gasteiger partial charge is 0.126 e. The lowest BCUT2D eigenvalue weighted by molar-refractivity contribution is 0.0161. The standard InChI is InChI=1S/C47H46O8/c1-2-54-27-41(48)28-55-47-39-19-8-20-40(47)26-38-18-7-16-36(46(38)53)24-34-14-5-12-32(44(34)51)22-30-10-3-9-29(42(30)49)21-31-11-4-13-33(43(31)50)23-35-15-6-17-37(25-39)45(35)52/h3-20,41,48-53H,2,21-28H2,1H3. The second-order valence-corrected chi connectivity index (χ2v) is 14.2. The molecule has 1 unspecified atom stereocenters. The van der Waals surface area contributed by atoms with E-state index < -0.39 is 6.10 Å². The maximum absolute atomic E-state index is 11.6. The van der Waals surface area contributed by atoms with Crippen LogP contribution in [0.3, 0.4) is 0 Å². The predicted molar refractivity (Wildman–Crippen MR) is 212 cm³/mol. The first-order valence-corrected chi connectivity index (χ1v) is 18.7. The third-order valence-electron chi connectivity index (χ3n) is 10.4. The molecule has 0 spiro atoms. The van der Waals surface area contributed by atoms with Crippen LogP contribution in [0.2, 0.25) is 0 Å². The molecular formula is C47H46O8. The summed E-state index contributed by atoms with van der Waals surface area (Å²) in [6, 6.07) is 33.4. The second-order valence-electron chi connectivity index (χ2n) is 14.2. The minimum absolute atomic E-state index is 0.0192. The molecule has 1 aliphatic carbocycles. The zero-order valence-corrected chi connectivity index (χ0v) is 30.8. The number of aliphatic hydroxyl groups is 1. The Morgan fingerprint density at radius 3 is 0.891 bits per heavy atom. The zero-order chi connectivity index (χ0) is 38.5. The molecule has 1 aliphatic rings. The maximum Gasteiger partial charge on any atom is 0.126 e. The van der Waals surface area contributed by atoms with Crippen LogP contribution in [0.25, 0.3) is 0 Å². The second kappa shape index (κ2) is 16.6. The van der Waals surface area contributed by atoms with Gasteiger partial charge in [0.2, 0.25) is 0 Å². The summed E-state index contributed by atoms with van der Waals surface area (Å²) < 4.78 is 11.8. The lowest BCUT2D eigenvalue weighted by Crippen LogP contribution is -2.24. The molecule has 0 amide bonds. The lowest BCUT2D eigenvalue weighted by Gasteiger charge is -2.20. The van der Waals surface area contributed by atoms with Crippen LogP contribution >= 0.6 is 0 Å². The Hall–Kier alpha value is -5.96. The topological polar surface area (TPSA) is 140 Å². The van der Waals surface area contributed by atoms with E-state index in [2.05, 4.69) is 0 Å². The van der Waals surface area contributed by atoms with Crippen LogP contribution in [0.5, 0.6) is 34.5 Å². The van der Waals surface area contributed by atoms with Gasteiger partial charge in [-0.1, -0.05) is 109 Å². The Balaban J connectivity index is 1.34. The molecular weight excluding hydrogens is 693 g/mol. The summed E-state index contributed by atoms with van der Waals surface area (Å²) in [7, 11) is 0. The highest BCUT2D eigenvalue weighted by Crippen LogP contribution is 2.38. The number of para-hydroxylation sites is 6. The third-order valence-corrected chi connectivity index (χ3v) is 10.4. The van der Waals surface area contributed by atoms with Gasteiger partial charge in [-0.25, -0.2) is 0 Å². The first-order chi connectivity index (χ1) is 26.7. The summed E-state index contributed by atoms with van der Waals surface area (Å²) in [5.74, 6) is 1.05. The number of rotatable bonds is 6. The van der Waals surface area contributed by atoms with Gasteiger partial charge in [0.05, 0.1) is 6.61 Å². The van der Waals surface area contributed by atoms with Crippen molar-refractivity contribution < 1.29 is 40.1 Å². The molecule has 7 rings (SSSR count). The highest BCUT2D eigenvalue weighted by atomic mass is 16.5. The fourth-order valence-electron chi connectivity index (χ4n) is 7.46. The molecule has 0 heterocycles. The number of fused-ring (bicyclic) bond motifs is 12. The molecule has 6 aromatic carbocycles. The van der Waals surface area contributed by atoms with E-state index in [4.69, 9.17) is 9.47 Å². The minimum atomic E-state index is -0.867. The summed E-state index contributed by atoms with van der Waals surface area (Å²) in [5, 5.41) is 68.4. The number of phenols is 5. The Kier molecular flexibility index (Phi) is 11.3. The molecule has 0 aromatic heterocycles. The number of aliphatic hydroxyl groups excluding tert-OH is 1. The summed E-state index contributed by atoms with van der Waals surface area (Å²) in [4.78, 5) is 0. The molecule has 0 aliphatic heterocycles. The van der Waals surface area contributed by atoms with Gasteiger partial charge in [0, 0.05) is 45.1 Å². The van der Waals surface area contributed by atoms with Gasteiger partial charge in [-0.15, -0.1) is 0 Å². The summed E-state index contributed by atoms with van der Waals surface area (Å²) in [6.07, 6.45) is 0.833. The SMILES string of the molecule is CCOCC(O)COc1c2cccc1Cc1cccc(c1O)Cc1cccc(c1O)Cc1cccc(c1O)Cc1cccc(c1O)Cc1cccc(c1O)C2. The zero-order valence-electron chi connectivity index (χ0n) is 30.8. The van der Waals surface area contributed by atoms with Crippen molar-refractivity contribution in [2.75, 3.05) is 19.8 Å². The van der Waals surface area contributed by atoms with Crippen molar-refractivity contribution in [2.45, 2.75) is 51.6 Å². The van der Waals surface area contributed by atoms with Crippen molar-refractivity contribution in [2.24, 2.45) is 0 Å². The predicted octanol–water partition coefficient (Wildman–Crippen LogP) is 7.85. The normalized spacial score (nSPS) is 13.4. The van der Waals surface area contributed by atoms with E-state index in [9.17, 15) is 30.6 Å². The number of aromatic hydroxyl groups is 5. The monoisotopic (exact) mass is 738 g/mol. The van der Waals surface area contributed by atoms with E-state index in [1.165, 1.54) is 0 Å². The van der Waals surface area contributed by atoms with Gasteiger partial charge in [-0.2, -0.15) is 0 Å². The lowest BCUT2D eigenvalue weighted by atomic mass is 9.91. The highest BCUT2D eigenvalue weighted by Gasteiger charge is 2.21. The van der Waals surface area contributed by atoms with E-state index in [0.717, 1.165) is 11.1 Å². The Labute approximate surface area is 321 Å². The van der Waals surface area contributed by atoms with Crippen LogP contribution in [0, 0.1) is 0 Å². The average molecular weight is 739 g/mol. The van der Waals surface area contributed by atoms with E-state index in [0.29, 0.717) is 80.8 Å². The van der Waals surface area contributed by atoms with Crippen molar-refractivity contribution in [3.05, 3.63) is 176 Å². The minimum Gasteiger partial charge on any atom is -0.507 e. The molecule has 8 nitrogen and oxygen atoms in total. The summed E-state index contributed by atoms with van der Waals surface area (Å²) >= 11 is 0. The van der Waals surface area contributed by atoms with E-state index in [-0.39, 0.29) is 67.6 Å². The van der Waals surface area contributed by atoms with Crippen molar-refractivity contribution in [1.82, 2.24) is 0 Å². The molecule has 0 fully saturated rings. The van der Waals surface area contributed by atoms with Gasteiger partial charge in [-0.3, -0.25) is 0 Å². The molecule has 55 heavy (non-hydrogen) atoms. The molecule has 0 radical (unpaired) electrons. The number of hydrogen-bond donors (Lipinski definition) is 6. The van der Waals surface area contributed by atoms with Crippen molar-refractivity contribution in [3.8, 4) is 34.5 Å². The van der Waals surface area contributed by atoms with Crippen molar-refractivity contribution >= 4 is 0 Å². The third kappa shape index (κ3) is 8.26. The van der Waals surface area contributed by atoms with Crippen molar-refractivity contribution in [1.29, 1.82) is 0 Å². The van der Waals surface area contributed by atoms with Gasteiger partial charge in [0.15, 0.2) is 0 Å². The molecule has 0 saturated carbocycles. The summed E-state index contributed by atoms with van der Waals surface area (Å²) in [6.45, 7) is 2.42. The van der Waals surface area contributed by atoms with Gasteiger partial charge >= 0.3 is 0 Å². The summed E-state index contributed by atoms with van der Waals surface area (Å²) in [5.41, 5.74) is 7.96. The fourth-order valence-corrected chi connectivity index (χ4v) is 7.46. The Morgan fingerprint density at radius 1 is 0.400 bits per heavy atom. The van der Waals surface area contributed by atoms with Crippen LogP contribution < -0.4 is 4.74 Å². The molecule has 282 valence electrons. The van der Waals surface area contributed by atoms with Gasteiger partial charge < -0.3 is 40.1 Å². The molecule has 8 heteroatoms. The van der Waals surface area contributed by atoms with Crippen LogP contribution in [-0.2, 0) is 43.3 Å². The Morgan fingerprint density at radius 2 is 0.636 bits per heavy atom. The van der Waals surface area contributed by atoms with Crippen LogP contribution in [0.1, 0.15) is 73.7 Å². The first kappa shape index (κ1) is 37.4. The largest absolute Gasteiger partial charge is 0.507 e. The molecule has 1 atom stereocenters. The fraction of sp³-hybridized carbons (Fsp3) is 0.234. The first-order valence-electron chi connectivity index (χ1n) is 18.7. The number of hydrogen-bond acceptors (Lipinski definition) is 8. The van der Waals surface area contributed by atoms with E-state index in [1.807, 2.05) is 116 Å². The number of benzene rings is 6.